The van der Waals surface area contributed by atoms with Crippen LogP contribution in [0, 0.1) is 0 Å². The Morgan fingerprint density at radius 2 is 2.00 bits per heavy atom. The van der Waals surface area contributed by atoms with Crippen molar-refractivity contribution in [3.05, 3.63) is 47.5 Å². The normalized spacial score (nSPS) is 10.4. The Morgan fingerprint density at radius 3 is 2.71 bits per heavy atom. The van der Waals surface area contributed by atoms with Crippen molar-refractivity contribution in [2.75, 3.05) is 6.61 Å². The summed E-state index contributed by atoms with van der Waals surface area (Å²) in [7, 11) is 0. The molecule has 2 aromatic rings. The second kappa shape index (κ2) is 5.36. The molecule has 1 aromatic carbocycles. The molecule has 17 heavy (non-hydrogen) atoms. The molecule has 0 fully saturated rings. The summed E-state index contributed by atoms with van der Waals surface area (Å²) in [5.74, 6) is 0.244. The molecule has 88 valence electrons. The van der Waals surface area contributed by atoms with Gasteiger partial charge in [-0.15, -0.1) is 0 Å². The molecule has 0 radical (unpaired) electrons. The van der Waals surface area contributed by atoms with Crippen LogP contribution in [-0.2, 0) is 12.8 Å². The van der Waals surface area contributed by atoms with Gasteiger partial charge in [-0.25, -0.2) is 4.98 Å². The van der Waals surface area contributed by atoms with Gasteiger partial charge in [-0.2, -0.15) is 5.10 Å². The second-order valence-electron chi connectivity index (χ2n) is 3.67. The van der Waals surface area contributed by atoms with Crippen molar-refractivity contribution < 1.29 is 9.90 Å². The number of Topliss-reactive ketones (excluding diaryl/α,β-unsaturated/α-hetero) is 1. The van der Waals surface area contributed by atoms with E-state index in [2.05, 4.69) is 15.2 Å². The summed E-state index contributed by atoms with van der Waals surface area (Å²) in [5.41, 5.74) is 1.21. The van der Waals surface area contributed by atoms with Gasteiger partial charge >= 0.3 is 0 Å². The van der Waals surface area contributed by atoms with Gasteiger partial charge in [-0.05, 0) is 12.0 Å². The van der Waals surface area contributed by atoms with E-state index in [1.165, 1.54) is 5.56 Å². The van der Waals surface area contributed by atoms with E-state index in [0.29, 0.717) is 12.2 Å². The number of hydrogen-bond acceptors (Lipinski definition) is 4. The molecule has 0 atom stereocenters. The molecule has 0 amide bonds. The van der Waals surface area contributed by atoms with Crippen LogP contribution in [0.25, 0.3) is 0 Å². The van der Waals surface area contributed by atoms with Gasteiger partial charge in [0.1, 0.15) is 12.4 Å². The summed E-state index contributed by atoms with van der Waals surface area (Å²) < 4.78 is 0. The summed E-state index contributed by atoms with van der Waals surface area (Å²) in [4.78, 5) is 15.1. The van der Waals surface area contributed by atoms with Gasteiger partial charge in [0.05, 0.1) is 0 Å². The maximum absolute atomic E-state index is 11.1. The summed E-state index contributed by atoms with van der Waals surface area (Å²) in [5, 5.41) is 15.1. The number of hydrogen-bond donors (Lipinski definition) is 2. The molecular weight excluding hydrogens is 218 g/mol. The van der Waals surface area contributed by atoms with E-state index in [0.717, 1.165) is 6.42 Å². The van der Waals surface area contributed by atoms with Crippen LogP contribution in [0.4, 0.5) is 0 Å². The fourth-order valence-corrected chi connectivity index (χ4v) is 1.51. The van der Waals surface area contributed by atoms with Crippen molar-refractivity contribution in [3.63, 3.8) is 0 Å². The number of carbonyl (C=O) groups excluding carboxylic acids is 1. The number of aromatic amines is 1. The number of ketones is 1. The topological polar surface area (TPSA) is 78.9 Å². The third-order valence-electron chi connectivity index (χ3n) is 2.42. The van der Waals surface area contributed by atoms with Crippen molar-refractivity contribution in [1.82, 2.24) is 15.2 Å². The number of nitrogens with zero attached hydrogens (tertiary/aromatic N) is 2. The minimum absolute atomic E-state index is 0.0514. The molecule has 1 aromatic heterocycles. The number of aryl methyl sites for hydroxylation is 2. The van der Waals surface area contributed by atoms with Crippen LogP contribution in [0.5, 0.6) is 0 Å². The molecular formula is C12H13N3O2. The lowest BCUT2D eigenvalue weighted by Crippen LogP contribution is -2.06. The number of aliphatic hydroxyl groups is 1. The molecule has 0 aliphatic heterocycles. The van der Waals surface area contributed by atoms with Gasteiger partial charge in [0.25, 0.3) is 0 Å². The van der Waals surface area contributed by atoms with Gasteiger partial charge in [0.15, 0.2) is 0 Å². The second-order valence-corrected chi connectivity index (χ2v) is 3.67. The lowest BCUT2D eigenvalue weighted by atomic mass is 10.1. The smallest absolute Gasteiger partial charge is 0.227 e. The molecule has 0 saturated carbocycles. The van der Waals surface area contributed by atoms with Gasteiger partial charge in [-0.1, -0.05) is 30.3 Å². The molecule has 0 aliphatic carbocycles. The van der Waals surface area contributed by atoms with Crippen molar-refractivity contribution in [2.45, 2.75) is 12.8 Å². The Labute approximate surface area is 98.5 Å². The van der Waals surface area contributed by atoms with E-state index in [9.17, 15) is 4.79 Å². The quantitative estimate of drug-likeness (QED) is 0.745. The molecule has 2 N–H and O–H groups in total. The van der Waals surface area contributed by atoms with Crippen LogP contribution in [-0.4, -0.2) is 32.7 Å². The first kappa shape index (κ1) is 11.5. The number of carbonyl (C=O) groups is 1. The number of benzene rings is 1. The van der Waals surface area contributed by atoms with Crippen LogP contribution in [0.15, 0.2) is 30.3 Å². The predicted molar refractivity (Wildman–Crippen MR) is 61.6 cm³/mol. The highest BCUT2D eigenvalue weighted by Gasteiger charge is 2.10. The molecule has 0 aliphatic rings. The van der Waals surface area contributed by atoms with E-state index in [4.69, 9.17) is 5.11 Å². The number of aromatic nitrogens is 3. The molecule has 0 unspecified atom stereocenters. The Hall–Kier alpha value is -2.01. The lowest BCUT2D eigenvalue weighted by Gasteiger charge is -1.97. The van der Waals surface area contributed by atoms with Crippen molar-refractivity contribution in [2.24, 2.45) is 0 Å². The standard InChI is InChI=1S/C12H13N3O2/c16-8-10(17)12-13-11(14-15-12)7-6-9-4-2-1-3-5-9/h1-5,16H,6-8H2,(H,13,14,15). The maximum Gasteiger partial charge on any atom is 0.227 e. The van der Waals surface area contributed by atoms with E-state index in [1.54, 1.807) is 0 Å². The van der Waals surface area contributed by atoms with E-state index < -0.39 is 12.4 Å². The zero-order valence-corrected chi connectivity index (χ0v) is 9.26. The minimum atomic E-state index is -0.560. The maximum atomic E-state index is 11.1. The zero-order chi connectivity index (χ0) is 12.1. The SMILES string of the molecule is O=C(CO)c1n[nH]c(CCc2ccccc2)n1. The average molecular weight is 231 g/mol. The number of rotatable bonds is 5. The largest absolute Gasteiger partial charge is 0.388 e. The molecule has 0 spiro atoms. The predicted octanol–water partition coefficient (Wildman–Crippen LogP) is 0.765. The molecule has 0 bridgehead atoms. The average Bonchev–Trinajstić information content (AvgIpc) is 2.85. The van der Waals surface area contributed by atoms with Crippen LogP contribution in [0.2, 0.25) is 0 Å². The van der Waals surface area contributed by atoms with Gasteiger partial charge in [0.2, 0.25) is 11.6 Å². The van der Waals surface area contributed by atoms with Crippen LogP contribution >= 0.6 is 0 Å². The highest BCUT2D eigenvalue weighted by molar-refractivity contribution is 5.93. The van der Waals surface area contributed by atoms with Crippen LogP contribution in [0.3, 0.4) is 0 Å². The first-order valence-electron chi connectivity index (χ1n) is 5.39. The number of nitrogens with one attached hydrogen (secondary N) is 1. The Bertz CT molecular complexity index is 493. The molecule has 5 nitrogen and oxygen atoms in total. The number of aliphatic hydroxyl groups excluding tert-OH is 1. The molecule has 5 heteroatoms. The Kier molecular flexibility index (Phi) is 3.62. The Morgan fingerprint density at radius 1 is 1.24 bits per heavy atom. The summed E-state index contributed by atoms with van der Waals surface area (Å²) in [6.45, 7) is -0.560. The van der Waals surface area contributed by atoms with Crippen molar-refractivity contribution in [3.8, 4) is 0 Å². The molecule has 0 saturated heterocycles. The van der Waals surface area contributed by atoms with Crippen LogP contribution < -0.4 is 0 Å². The van der Waals surface area contributed by atoms with Crippen molar-refractivity contribution in [1.29, 1.82) is 0 Å². The van der Waals surface area contributed by atoms with Gasteiger partial charge < -0.3 is 5.11 Å². The van der Waals surface area contributed by atoms with Gasteiger partial charge in [-0.3, -0.25) is 9.89 Å². The fraction of sp³-hybridized carbons (Fsp3) is 0.250. The first-order chi connectivity index (χ1) is 8.29. The van der Waals surface area contributed by atoms with Gasteiger partial charge in [0, 0.05) is 6.42 Å². The third-order valence-corrected chi connectivity index (χ3v) is 2.42. The summed E-state index contributed by atoms with van der Waals surface area (Å²) in [6.07, 6.45) is 1.53. The van der Waals surface area contributed by atoms with E-state index in [-0.39, 0.29) is 5.82 Å². The Balaban J connectivity index is 1.96. The molecule has 2 rings (SSSR count). The van der Waals surface area contributed by atoms with Crippen LogP contribution in [0.1, 0.15) is 22.0 Å². The first-order valence-corrected chi connectivity index (χ1v) is 5.39. The third kappa shape index (κ3) is 2.98. The highest BCUT2D eigenvalue weighted by atomic mass is 16.3. The van der Waals surface area contributed by atoms with Crippen molar-refractivity contribution >= 4 is 5.78 Å². The lowest BCUT2D eigenvalue weighted by molar-refractivity contribution is 0.0893. The summed E-state index contributed by atoms with van der Waals surface area (Å²) in [6, 6.07) is 10.0. The van der Waals surface area contributed by atoms with E-state index in [1.807, 2.05) is 30.3 Å². The monoisotopic (exact) mass is 231 g/mol. The fourth-order valence-electron chi connectivity index (χ4n) is 1.51. The highest BCUT2D eigenvalue weighted by Crippen LogP contribution is 2.04. The molecule has 1 heterocycles. The zero-order valence-electron chi connectivity index (χ0n) is 9.26. The van der Waals surface area contributed by atoms with E-state index >= 15 is 0 Å². The number of H-pyrrole nitrogens is 1. The minimum Gasteiger partial charge on any atom is -0.388 e. The summed E-state index contributed by atoms with van der Waals surface area (Å²) >= 11 is 0.